The van der Waals surface area contributed by atoms with Crippen molar-refractivity contribution >= 4 is 19.4 Å². The average molecular weight is 331 g/mol. The van der Waals surface area contributed by atoms with Crippen LogP contribution < -0.4 is 4.74 Å². The van der Waals surface area contributed by atoms with Gasteiger partial charge in [0.25, 0.3) is 0 Å². The second-order valence-electron chi connectivity index (χ2n) is 6.18. The number of hydrogen-bond donors (Lipinski definition) is 0. The van der Waals surface area contributed by atoms with Gasteiger partial charge >= 0.3 is 0 Å². The third-order valence-electron chi connectivity index (χ3n) is 2.88. The number of rotatable bonds is 5. The van der Waals surface area contributed by atoms with Gasteiger partial charge < -0.3 is 9.47 Å². The Morgan fingerprint density at radius 2 is 1.68 bits per heavy atom. The first-order valence-corrected chi connectivity index (χ1v) is 11.7. The molecule has 0 radical (unpaired) electrons. The molecule has 0 aliphatic carbocycles. The van der Waals surface area contributed by atoms with Gasteiger partial charge in [0.1, 0.15) is 20.4 Å². The number of thiophene rings is 1. The fraction of sp³-hybridized carbons (Fsp3) is 0.333. The summed E-state index contributed by atoms with van der Waals surface area (Å²) >= 11 is 1.64. The highest BCUT2D eigenvalue weighted by Gasteiger charge is 2.08. The van der Waals surface area contributed by atoms with Crippen molar-refractivity contribution in [3.8, 4) is 17.2 Å². The van der Waals surface area contributed by atoms with Crippen molar-refractivity contribution in [1.29, 1.82) is 0 Å². The van der Waals surface area contributed by atoms with Crippen molar-refractivity contribution < 1.29 is 9.47 Å². The smallest absolute Gasteiger partial charge is 0.131 e. The minimum Gasteiger partial charge on any atom is -0.488 e. The van der Waals surface area contributed by atoms with Gasteiger partial charge in [-0.3, -0.25) is 0 Å². The molecule has 0 saturated carbocycles. The van der Waals surface area contributed by atoms with Gasteiger partial charge in [-0.1, -0.05) is 49.8 Å². The van der Waals surface area contributed by atoms with Crippen LogP contribution >= 0.6 is 11.3 Å². The molecule has 0 spiro atoms. The highest BCUT2D eigenvalue weighted by Crippen LogP contribution is 2.22. The van der Waals surface area contributed by atoms with Crippen molar-refractivity contribution in [2.45, 2.75) is 32.9 Å². The monoisotopic (exact) mass is 330 g/mol. The van der Waals surface area contributed by atoms with E-state index in [4.69, 9.17) is 9.47 Å². The van der Waals surface area contributed by atoms with Gasteiger partial charge in [-0.05, 0) is 11.1 Å². The number of ether oxygens (including phenoxy) is 2. The average Bonchev–Trinajstić information content (AvgIpc) is 2.92. The summed E-state index contributed by atoms with van der Waals surface area (Å²) in [5.41, 5.74) is 5.70. The lowest BCUT2D eigenvalue weighted by Gasteiger charge is -2.05. The summed E-state index contributed by atoms with van der Waals surface area (Å²) in [6.07, 6.45) is 0. The van der Waals surface area contributed by atoms with Gasteiger partial charge in [0.05, 0.1) is 11.5 Å². The first-order valence-electron chi connectivity index (χ1n) is 7.27. The summed E-state index contributed by atoms with van der Waals surface area (Å²) in [7, 11) is 0.385. The molecule has 0 aliphatic heterocycles. The van der Waals surface area contributed by atoms with Gasteiger partial charge in [-0.15, -0.1) is 16.9 Å². The maximum absolute atomic E-state index is 5.83. The summed E-state index contributed by atoms with van der Waals surface area (Å²) in [5, 5.41) is 2.02. The fourth-order valence-electron chi connectivity index (χ4n) is 1.77. The largest absolute Gasteiger partial charge is 0.488 e. The molecule has 0 fully saturated rings. The molecular formula is C18H22O2SSi. The third kappa shape index (κ3) is 5.68. The minimum atomic E-state index is -1.32. The van der Waals surface area contributed by atoms with Crippen molar-refractivity contribution in [2.24, 2.45) is 0 Å². The second kappa shape index (κ2) is 7.64. The number of benzene rings is 1. The van der Waals surface area contributed by atoms with E-state index in [-0.39, 0.29) is 0 Å². The zero-order valence-corrected chi connectivity index (χ0v) is 15.4. The van der Waals surface area contributed by atoms with Crippen molar-refractivity contribution in [1.82, 2.24) is 0 Å². The van der Waals surface area contributed by atoms with Gasteiger partial charge in [0, 0.05) is 18.6 Å². The van der Waals surface area contributed by atoms with Crippen LogP contribution in [0.3, 0.4) is 0 Å². The molecule has 0 amide bonds. The minimum absolute atomic E-state index is 0.574. The van der Waals surface area contributed by atoms with Crippen LogP contribution in [0.2, 0.25) is 19.6 Å². The van der Waals surface area contributed by atoms with E-state index in [1.165, 1.54) is 5.56 Å². The predicted octanol–water partition coefficient (Wildman–Crippen LogP) is 4.70. The molecule has 2 nitrogen and oxygen atoms in total. The molecule has 2 rings (SSSR count). The second-order valence-corrected chi connectivity index (χ2v) is 11.8. The van der Waals surface area contributed by atoms with Gasteiger partial charge in [0.15, 0.2) is 0 Å². The molecular weight excluding hydrogens is 308 g/mol. The number of methoxy groups -OCH3 is 1. The topological polar surface area (TPSA) is 18.5 Å². The molecule has 0 bridgehead atoms. The van der Waals surface area contributed by atoms with Crippen LogP contribution in [0.15, 0.2) is 35.7 Å². The predicted molar refractivity (Wildman–Crippen MR) is 96.0 cm³/mol. The first-order chi connectivity index (χ1) is 10.5. The summed E-state index contributed by atoms with van der Waals surface area (Å²) in [6.45, 7) is 7.96. The Morgan fingerprint density at radius 1 is 1.05 bits per heavy atom. The fourth-order valence-corrected chi connectivity index (χ4v) is 3.05. The number of hydrogen-bond acceptors (Lipinski definition) is 3. The van der Waals surface area contributed by atoms with Crippen LogP contribution in [0, 0.1) is 11.5 Å². The third-order valence-corrected chi connectivity index (χ3v) is 4.57. The zero-order valence-electron chi connectivity index (χ0n) is 13.6. The Morgan fingerprint density at radius 3 is 2.27 bits per heavy atom. The SMILES string of the molecule is COCc1ccc(COc2csc(C#C[Si](C)(C)C)c2)cc1. The van der Waals surface area contributed by atoms with Crippen LogP contribution in [-0.2, 0) is 18.0 Å². The molecule has 2 aromatic rings. The van der Waals surface area contributed by atoms with Gasteiger partial charge in [0.2, 0.25) is 0 Å². The molecule has 0 N–H and O–H groups in total. The van der Waals surface area contributed by atoms with E-state index in [1.807, 2.05) is 11.4 Å². The van der Waals surface area contributed by atoms with E-state index in [2.05, 4.69) is 55.4 Å². The van der Waals surface area contributed by atoms with E-state index in [1.54, 1.807) is 18.4 Å². The molecule has 0 saturated heterocycles. The molecule has 4 heteroatoms. The van der Waals surface area contributed by atoms with E-state index in [9.17, 15) is 0 Å². The van der Waals surface area contributed by atoms with Gasteiger partial charge in [-0.25, -0.2) is 0 Å². The van der Waals surface area contributed by atoms with E-state index < -0.39 is 8.07 Å². The zero-order chi connectivity index (χ0) is 16.0. The normalized spacial score (nSPS) is 10.9. The van der Waals surface area contributed by atoms with Crippen molar-refractivity contribution in [3.05, 3.63) is 51.7 Å². The summed E-state index contributed by atoms with van der Waals surface area (Å²) < 4.78 is 10.9. The molecule has 1 aromatic carbocycles. The first kappa shape index (κ1) is 16.8. The van der Waals surface area contributed by atoms with E-state index in [0.717, 1.165) is 16.2 Å². The standard InChI is InChI=1S/C18H22O2SSi/c1-19-12-15-5-7-16(8-6-15)13-20-17-11-18(21-14-17)9-10-22(2,3)4/h5-8,11,14H,12-13H2,1-4H3. The lowest BCUT2D eigenvalue weighted by molar-refractivity contribution is 0.185. The summed E-state index contributed by atoms with van der Waals surface area (Å²) in [6, 6.07) is 10.3. The van der Waals surface area contributed by atoms with Crippen LogP contribution in [0.25, 0.3) is 0 Å². The molecule has 0 atom stereocenters. The van der Waals surface area contributed by atoms with Crippen LogP contribution in [0.5, 0.6) is 5.75 Å². The lowest BCUT2D eigenvalue weighted by Crippen LogP contribution is -2.16. The molecule has 0 aliphatic rings. The molecule has 1 heterocycles. The quantitative estimate of drug-likeness (QED) is 0.584. The summed E-state index contributed by atoms with van der Waals surface area (Å²) in [5.74, 6) is 4.16. The highest BCUT2D eigenvalue weighted by atomic mass is 32.1. The molecule has 0 unspecified atom stereocenters. The van der Waals surface area contributed by atoms with Gasteiger partial charge in [-0.2, -0.15) is 0 Å². The Hall–Kier alpha value is -1.54. The highest BCUT2D eigenvalue weighted by molar-refractivity contribution is 7.10. The van der Waals surface area contributed by atoms with Crippen molar-refractivity contribution in [3.63, 3.8) is 0 Å². The van der Waals surface area contributed by atoms with Crippen molar-refractivity contribution in [2.75, 3.05) is 7.11 Å². The Labute approximate surface area is 138 Å². The molecule has 22 heavy (non-hydrogen) atoms. The maximum atomic E-state index is 5.83. The molecule has 116 valence electrons. The van der Waals surface area contributed by atoms with Crippen LogP contribution in [0.4, 0.5) is 0 Å². The Kier molecular flexibility index (Phi) is 5.84. The Bertz CT molecular complexity index is 657. The summed E-state index contributed by atoms with van der Waals surface area (Å²) in [4.78, 5) is 1.08. The van der Waals surface area contributed by atoms with Crippen LogP contribution in [-0.4, -0.2) is 15.2 Å². The molecule has 1 aromatic heterocycles. The lowest BCUT2D eigenvalue weighted by atomic mass is 10.1. The van der Waals surface area contributed by atoms with E-state index >= 15 is 0 Å². The Balaban J connectivity index is 1.91. The van der Waals surface area contributed by atoms with Crippen LogP contribution in [0.1, 0.15) is 16.0 Å². The van der Waals surface area contributed by atoms with E-state index in [0.29, 0.717) is 13.2 Å². The maximum Gasteiger partial charge on any atom is 0.131 e.